The molecular weight excluding hydrogens is 214 g/mol. The third-order valence-corrected chi connectivity index (χ3v) is 3.62. The normalized spacial score (nSPS) is 22.1. The van der Waals surface area contributed by atoms with E-state index < -0.39 is 0 Å². The fourth-order valence-corrected chi connectivity index (χ4v) is 2.30. The molecule has 1 saturated carbocycles. The van der Waals surface area contributed by atoms with Crippen LogP contribution in [0.25, 0.3) is 0 Å². The van der Waals surface area contributed by atoms with Gasteiger partial charge in [0.05, 0.1) is 0 Å². The van der Waals surface area contributed by atoms with Gasteiger partial charge in [-0.2, -0.15) is 0 Å². The maximum Gasteiger partial charge on any atom is 0.306 e. The minimum Gasteiger partial charge on any atom is -0.462 e. The first-order valence-electron chi connectivity index (χ1n) is 6.84. The Morgan fingerprint density at radius 1 is 1.41 bits per heavy atom. The van der Waals surface area contributed by atoms with Gasteiger partial charge in [0.2, 0.25) is 0 Å². The van der Waals surface area contributed by atoms with Crippen molar-refractivity contribution in [1.82, 2.24) is 0 Å². The molecule has 0 aromatic carbocycles. The molecule has 1 unspecified atom stereocenters. The van der Waals surface area contributed by atoms with E-state index in [1.54, 1.807) is 0 Å². The number of ether oxygens (including phenoxy) is 1. The molecule has 1 fully saturated rings. The number of hydrogen-bond acceptors (Lipinski definition) is 3. The first-order chi connectivity index (χ1) is 7.89. The highest BCUT2D eigenvalue weighted by Crippen LogP contribution is 2.36. The van der Waals surface area contributed by atoms with Gasteiger partial charge in [-0.05, 0) is 50.9 Å². The number of nitrogens with two attached hydrogens (primary N) is 1. The second kappa shape index (κ2) is 6.39. The average molecular weight is 241 g/mol. The largest absolute Gasteiger partial charge is 0.462 e. The smallest absolute Gasteiger partial charge is 0.306 e. The molecule has 0 bridgehead atoms. The van der Waals surface area contributed by atoms with Gasteiger partial charge in [0.25, 0.3) is 0 Å². The number of carbonyl (C=O) groups is 1. The van der Waals surface area contributed by atoms with Crippen molar-refractivity contribution in [2.45, 2.75) is 77.9 Å². The van der Waals surface area contributed by atoms with Crippen LogP contribution in [0.15, 0.2) is 0 Å². The summed E-state index contributed by atoms with van der Waals surface area (Å²) in [6.07, 6.45) is 6.77. The van der Waals surface area contributed by atoms with Gasteiger partial charge in [-0.25, -0.2) is 0 Å². The molecule has 1 aliphatic carbocycles. The fourth-order valence-electron chi connectivity index (χ4n) is 2.30. The molecule has 17 heavy (non-hydrogen) atoms. The van der Waals surface area contributed by atoms with Crippen LogP contribution in [-0.2, 0) is 9.53 Å². The Hall–Kier alpha value is -0.570. The van der Waals surface area contributed by atoms with E-state index in [9.17, 15) is 4.79 Å². The molecule has 1 rings (SSSR count). The molecule has 3 heteroatoms. The molecule has 2 N–H and O–H groups in total. The van der Waals surface area contributed by atoms with Crippen LogP contribution < -0.4 is 5.73 Å². The Labute approximate surface area is 105 Å². The van der Waals surface area contributed by atoms with Crippen molar-refractivity contribution in [3.05, 3.63) is 0 Å². The Kier molecular flexibility index (Phi) is 5.44. The number of carbonyl (C=O) groups excluding carboxylic acids is 1. The molecule has 0 amide bonds. The van der Waals surface area contributed by atoms with Gasteiger partial charge in [-0.15, -0.1) is 0 Å². The summed E-state index contributed by atoms with van der Waals surface area (Å²) in [4.78, 5) is 11.6. The van der Waals surface area contributed by atoms with E-state index in [0.29, 0.717) is 11.8 Å². The summed E-state index contributed by atoms with van der Waals surface area (Å²) in [6.45, 7) is 6.54. The topological polar surface area (TPSA) is 52.3 Å². The monoisotopic (exact) mass is 241 g/mol. The van der Waals surface area contributed by atoms with E-state index in [1.165, 1.54) is 0 Å². The van der Waals surface area contributed by atoms with Crippen molar-refractivity contribution >= 4 is 5.97 Å². The second-order valence-corrected chi connectivity index (χ2v) is 6.22. The molecule has 0 heterocycles. The zero-order valence-electron chi connectivity index (χ0n) is 11.5. The second-order valence-electron chi connectivity index (χ2n) is 6.22. The molecular formula is C14H27NO2. The summed E-state index contributed by atoms with van der Waals surface area (Å²) in [7, 11) is 0. The number of hydrogen-bond donors (Lipinski definition) is 1. The van der Waals surface area contributed by atoms with Gasteiger partial charge >= 0.3 is 5.97 Å². The third kappa shape index (κ3) is 6.06. The van der Waals surface area contributed by atoms with E-state index in [1.807, 2.05) is 6.92 Å². The quantitative estimate of drug-likeness (QED) is 0.753. The van der Waals surface area contributed by atoms with Crippen LogP contribution in [0.2, 0.25) is 0 Å². The van der Waals surface area contributed by atoms with Gasteiger partial charge in [-0.1, -0.05) is 13.8 Å². The number of rotatable bonds is 5. The van der Waals surface area contributed by atoms with Crippen molar-refractivity contribution in [2.24, 2.45) is 11.1 Å². The SMILES string of the molecule is CC(N)CCCC(=O)OC1CCC(C)(C)CC1. The molecule has 1 atom stereocenters. The van der Waals surface area contributed by atoms with E-state index in [4.69, 9.17) is 10.5 Å². The van der Waals surface area contributed by atoms with Gasteiger partial charge < -0.3 is 10.5 Å². The van der Waals surface area contributed by atoms with E-state index >= 15 is 0 Å². The standard InChI is InChI=1S/C14H27NO2/c1-11(15)5-4-6-13(16)17-12-7-9-14(2,3)10-8-12/h11-12H,4-10,15H2,1-3H3. The van der Waals surface area contributed by atoms with E-state index in [0.717, 1.165) is 38.5 Å². The minimum absolute atomic E-state index is 0.0460. The zero-order chi connectivity index (χ0) is 12.9. The van der Waals surface area contributed by atoms with Crippen LogP contribution in [0.1, 0.15) is 65.7 Å². The fraction of sp³-hybridized carbons (Fsp3) is 0.929. The lowest BCUT2D eigenvalue weighted by atomic mass is 9.76. The van der Waals surface area contributed by atoms with Crippen LogP contribution in [0.4, 0.5) is 0 Å². The summed E-state index contributed by atoms with van der Waals surface area (Å²) in [6, 6.07) is 0.179. The van der Waals surface area contributed by atoms with E-state index in [-0.39, 0.29) is 18.1 Å². The summed E-state index contributed by atoms with van der Waals surface area (Å²) in [5, 5.41) is 0. The van der Waals surface area contributed by atoms with Crippen molar-refractivity contribution in [2.75, 3.05) is 0 Å². The molecule has 0 saturated heterocycles. The lowest BCUT2D eigenvalue weighted by Crippen LogP contribution is -2.28. The van der Waals surface area contributed by atoms with Crippen LogP contribution in [0.5, 0.6) is 0 Å². The molecule has 0 aliphatic heterocycles. The molecule has 1 aliphatic rings. The highest BCUT2D eigenvalue weighted by atomic mass is 16.5. The van der Waals surface area contributed by atoms with E-state index in [2.05, 4.69) is 13.8 Å². The molecule has 0 spiro atoms. The Balaban J connectivity index is 2.15. The Morgan fingerprint density at radius 2 is 2.00 bits per heavy atom. The van der Waals surface area contributed by atoms with Gasteiger partial charge in [0.1, 0.15) is 6.10 Å². The van der Waals surface area contributed by atoms with Crippen LogP contribution in [0, 0.1) is 5.41 Å². The molecule has 0 aromatic heterocycles. The maximum atomic E-state index is 11.6. The lowest BCUT2D eigenvalue weighted by molar-refractivity contribution is -0.151. The summed E-state index contributed by atoms with van der Waals surface area (Å²) in [5.41, 5.74) is 6.07. The van der Waals surface area contributed by atoms with Crippen LogP contribution in [0.3, 0.4) is 0 Å². The molecule has 3 nitrogen and oxygen atoms in total. The molecule has 0 radical (unpaired) electrons. The summed E-state index contributed by atoms with van der Waals surface area (Å²) < 4.78 is 5.49. The minimum atomic E-state index is -0.0460. The van der Waals surface area contributed by atoms with Gasteiger partial charge in [-0.3, -0.25) is 4.79 Å². The van der Waals surface area contributed by atoms with Crippen molar-refractivity contribution in [3.8, 4) is 0 Å². The summed E-state index contributed by atoms with van der Waals surface area (Å²) in [5.74, 6) is -0.0460. The Morgan fingerprint density at radius 3 is 2.53 bits per heavy atom. The predicted octanol–water partition coefficient (Wildman–Crippen LogP) is 3.02. The summed E-state index contributed by atoms with van der Waals surface area (Å²) >= 11 is 0. The average Bonchev–Trinajstić information content (AvgIpc) is 2.21. The van der Waals surface area contributed by atoms with Gasteiger partial charge in [0.15, 0.2) is 0 Å². The highest BCUT2D eigenvalue weighted by Gasteiger charge is 2.28. The van der Waals surface area contributed by atoms with Crippen LogP contribution in [-0.4, -0.2) is 18.1 Å². The van der Waals surface area contributed by atoms with Crippen molar-refractivity contribution < 1.29 is 9.53 Å². The molecule has 100 valence electrons. The predicted molar refractivity (Wildman–Crippen MR) is 69.6 cm³/mol. The lowest BCUT2D eigenvalue weighted by Gasteiger charge is -2.33. The van der Waals surface area contributed by atoms with Gasteiger partial charge in [0, 0.05) is 12.5 Å². The first-order valence-corrected chi connectivity index (χ1v) is 6.84. The Bertz CT molecular complexity index is 239. The molecule has 0 aromatic rings. The zero-order valence-corrected chi connectivity index (χ0v) is 11.5. The first kappa shape index (κ1) is 14.5. The maximum absolute atomic E-state index is 11.6. The third-order valence-electron chi connectivity index (χ3n) is 3.62. The van der Waals surface area contributed by atoms with Crippen molar-refractivity contribution in [1.29, 1.82) is 0 Å². The highest BCUT2D eigenvalue weighted by molar-refractivity contribution is 5.69. The van der Waals surface area contributed by atoms with Crippen LogP contribution >= 0.6 is 0 Å². The van der Waals surface area contributed by atoms with Crippen molar-refractivity contribution in [3.63, 3.8) is 0 Å². The number of esters is 1.